The van der Waals surface area contributed by atoms with Crippen molar-refractivity contribution >= 4 is 23.5 Å². The van der Waals surface area contributed by atoms with Crippen LogP contribution in [0, 0.1) is 17.5 Å². The molecule has 1 aromatic carbocycles. The van der Waals surface area contributed by atoms with Crippen LogP contribution in [0.5, 0.6) is 0 Å². The van der Waals surface area contributed by atoms with Gasteiger partial charge >= 0.3 is 12.1 Å². The minimum atomic E-state index is -1.61. The summed E-state index contributed by atoms with van der Waals surface area (Å²) in [5.41, 5.74) is 0.876. The molecule has 34 heavy (non-hydrogen) atoms. The van der Waals surface area contributed by atoms with Crippen molar-refractivity contribution in [1.29, 1.82) is 0 Å². The van der Waals surface area contributed by atoms with E-state index < -0.39 is 35.7 Å². The molecule has 1 fully saturated rings. The van der Waals surface area contributed by atoms with Crippen molar-refractivity contribution in [2.24, 2.45) is 7.05 Å². The van der Waals surface area contributed by atoms with E-state index in [9.17, 15) is 22.8 Å². The number of amides is 3. The standard InChI is InChI=1S/C21H20F3N7O3/c1-11-8-31-16(9-29(11)20(32)27-12-5-13(22)18(24)14(23)6-12)15(7-26-31)30-10-17(34-21(30)33)19-25-3-4-28(19)2/h3-7,11,17H,8-10H2,1-2H3,(H,27,32)/t11-,17?/m0/s1. The van der Waals surface area contributed by atoms with E-state index in [1.807, 2.05) is 0 Å². The number of anilines is 2. The van der Waals surface area contributed by atoms with Gasteiger partial charge < -0.3 is 19.5 Å². The normalized spacial score (nSPS) is 19.9. The van der Waals surface area contributed by atoms with Crippen LogP contribution >= 0.6 is 0 Å². The number of urea groups is 1. The Labute approximate surface area is 191 Å². The Morgan fingerprint density at radius 3 is 2.62 bits per heavy atom. The lowest BCUT2D eigenvalue weighted by molar-refractivity contribution is 0.136. The van der Waals surface area contributed by atoms with Gasteiger partial charge in [0.25, 0.3) is 0 Å². The van der Waals surface area contributed by atoms with Gasteiger partial charge in [0, 0.05) is 37.3 Å². The number of imidazole rings is 1. The fourth-order valence-corrected chi connectivity index (χ4v) is 4.19. The molecule has 10 nitrogen and oxygen atoms in total. The van der Waals surface area contributed by atoms with Crippen LogP contribution in [0.1, 0.15) is 24.5 Å². The van der Waals surface area contributed by atoms with Crippen molar-refractivity contribution in [3.05, 3.63) is 59.7 Å². The Morgan fingerprint density at radius 2 is 1.94 bits per heavy atom. The van der Waals surface area contributed by atoms with Gasteiger partial charge in [-0.3, -0.25) is 9.58 Å². The predicted octanol–water partition coefficient (Wildman–Crippen LogP) is 3.17. The summed E-state index contributed by atoms with van der Waals surface area (Å²) in [6.45, 7) is 2.42. The number of nitrogens with zero attached hydrogens (tertiary/aromatic N) is 6. The first-order chi connectivity index (χ1) is 16.2. The maximum absolute atomic E-state index is 13.5. The van der Waals surface area contributed by atoms with E-state index in [4.69, 9.17) is 4.74 Å². The minimum Gasteiger partial charge on any atom is -0.436 e. The molecule has 1 N–H and O–H groups in total. The Balaban J connectivity index is 1.36. The largest absolute Gasteiger partial charge is 0.436 e. The third-order valence-electron chi connectivity index (χ3n) is 5.96. The van der Waals surface area contributed by atoms with Crippen molar-refractivity contribution in [2.75, 3.05) is 16.8 Å². The Morgan fingerprint density at radius 1 is 1.21 bits per heavy atom. The molecule has 3 aromatic rings. The predicted molar refractivity (Wildman–Crippen MR) is 112 cm³/mol. The number of ether oxygens (including phenoxy) is 1. The zero-order valence-corrected chi connectivity index (χ0v) is 18.2. The Kier molecular flexibility index (Phi) is 5.18. The lowest BCUT2D eigenvalue weighted by Gasteiger charge is -2.34. The second-order valence-electron chi connectivity index (χ2n) is 8.20. The van der Waals surface area contributed by atoms with Crippen LogP contribution in [0.25, 0.3) is 0 Å². The van der Waals surface area contributed by atoms with E-state index in [0.717, 1.165) is 0 Å². The number of carbonyl (C=O) groups is 2. The van der Waals surface area contributed by atoms with E-state index in [2.05, 4.69) is 15.4 Å². The number of hydrogen-bond donors (Lipinski definition) is 1. The molecular weight excluding hydrogens is 455 g/mol. The number of aromatic nitrogens is 4. The first-order valence-corrected chi connectivity index (χ1v) is 10.4. The maximum atomic E-state index is 13.5. The number of halogens is 3. The van der Waals surface area contributed by atoms with Crippen LogP contribution in [-0.4, -0.2) is 48.9 Å². The van der Waals surface area contributed by atoms with Gasteiger partial charge in [-0.15, -0.1) is 0 Å². The quantitative estimate of drug-likeness (QED) is 0.587. The van der Waals surface area contributed by atoms with E-state index in [0.29, 0.717) is 35.9 Å². The van der Waals surface area contributed by atoms with E-state index in [1.54, 1.807) is 35.6 Å². The summed E-state index contributed by atoms with van der Waals surface area (Å²) < 4.78 is 49.3. The highest BCUT2D eigenvalue weighted by Gasteiger charge is 2.39. The molecule has 0 radical (unpaired) electrons. The highest BCUT2D eigenvalue weighted by molar-refractivity contribution is 5.91. The third kappa shape index (κ3) is 3.62. The lowest BCUT2D eigenvalue weighted by Crippen LogP contribution is -2.47. The van der Waals surface area contributed by atoms with E-state index in [-0.39, 0.29) is 24.8 Å². The van der Waals surface area contributed by atoms with Crippen molar-refractivity contribution in [3.8, 4) is 0 Å². The summed E-state index contributed by atoms with van der Waals surface area (Å²) in [7, 11) is 1.80. The Bertz CT molecular complexity index is 1270. The number of nitrogens with one attached hydrogen (secondary N) is 1. The van der Waals surface area contributed by atoms with Gasteiger partial charge in [-0.2, -0.15) is 5.10 Å². The van der Waals surface area contributed by atoms with Crippen LogP contribution < -0.4 is 10.2 Å². The molecule has 3 amide bonds. The van der Waals surface area contributed by atoms with Crippen LogP contribution in [-0.2, 0) is 24.9 Å². The minimum absolute atomic E-state index is 0.0747. The summed E-state index contributed by atoms with van der Waals surface area (Å²) in [6, 6.07) is 0.462. The highest BCUT2D eigenvalue weighted by Crippen LogP contribution is 2.34. The number of aryl methyl sites for hydroxylation is 1. The lowest BCUT2D eigenvalue weighted by atomic mass is 10.2. The zero-order valence-electron chi connectivity index (χ0n) is 18.2. The third-order valence-corrected chi connectivity index (χ3v) is 5.96. The highest BCUT2D eigenvalue weighted by atomic mass is 19.2. The summed E-state index contributed by atoms with van der Waals surface area (Å²) in [4.78, 5) is 32.6. The van der Waals surface area contributed by atoms with Crippen LogP contribution in [0.2, 0.25) is 0 Å². The number of hydrogen-bond acceptors (Lipinski definition) is 5. The SMILES string of the molecule is C[C@H]1Cn2ncc(N3CC(c4nccn4C)OC3=O)c2CN1C(=O)Nc1cc(F)c(F)c(F)c1. The molecule has 178 valence electrons. The molecule has 1 saturated heterocycles. The fraction of sp³-hybridized carbons (Fsp3) is 0.333. The van der Waals surface area contributed by atoms with Crippen LogP contribution in [0.3, 0.4) is 0 Å². The van der Waals surface area contributed by atoms with Gasteiger partial charge in [-0.1, -0.05) is 0 Å². The molecule has 0 aliphatic carbocycles. The smallest absolute Gasteiger partial charge is 0.415 e. The Hall–Kier alpha value is -4.03. The molecule has 5 rings (SSSR count). The second kappa shape index (κ2) is 8.08. The molecule has 0 bridgehead atoms. The van der Waals surface area contributed by atoms with Crippen LogP contribution in [0.4, 0.5) is 34.1 Å². The monoisotopic (exact) mass is 475 g/mol. The van der Waals surface area contributed by atoms with E-state index >= 15 is 0 Å². The number of benzene rings is 1. The molecule has 2 atom stereocenters. The molecule has 2 aliphatic heterocycles. The second-order valence-corrected chi connectivity index (χ2v) is 8.20. The number of carbonyl (C=O) groups excluding carboxylic acids is 2. The molecule has 0 spiro atoms. The fourth-order valence-electron chi connectivity index (χ4n) is 4.19. The summed E-state index contributed by atoms with van der Waals surface area (Å²) in [6.07, 6.45) is 3.79. The number of rotatable bonds is 3. The van der Waals surface area contributed by atoms with Gasteiger partial charge in [-0.25, -0.2) is 27.7 Å². The molecular formula is C21H20F3N7O3. The zero-order chi connectivity index (χ0) is 24.1. The average Bonchev–Trinajstić information content (AvgIpc) is 3.49. The van der Waals surface area contributed by atoms with Gasteiger partial charge in [0.1, 0.15) is 0 Å². The first-order valence-electron chi connectivity index (χ1n) is 10.4. The molecule has 2 aromatic heterocycles. The summed E-state index contributed by atoms with van der Waals surface area (Å²) >= 11 is 0. The average molecular weight is 475 g/mol. The number of cyclic esters (lactones) is 1. The summed E-state index contributed by atoms with van der Waals surface area (Å²) in [5.74, 6) is -3.82. The van der Waals surface area contributed by atoms with Crippen molar-refractivity contribution in [2.45, 2.75) is 32.2 Å². The molecule has 2 aliphatic rings. The van der Waals surface area contributed by atoms with Crippen molar-refractivity contribution < 1.29 is 27.5 Å². The maximum Gasteiger partial charge on any atom is 0.415 e. The van der Waals surface area contributed by atoms with Gasteiger partial charge in [0.05, 0.1) is 43.3 Å². The van der Waals surface area contributed by atoms with Gasteiger partial charge in [0.2, 0.25) is 0 Å². The van der Waals surface area contributed by atoms with Gasteiger partial charge in [-0.05, 0) is 6.92 Å². The van der Waals surface area contributed by atoms with Crippen molar-refractivity contribution in [1.82, 2.24) is 24.2 Å². The van der Waals surface area contributed by atoms with Gasteiger partial charge in [0.15, 0.2) is 29.4 Å². The van der Waals surface area contributed by atoms with E-state index in [1.165, 1.54) is 16.0 Å². The molecule has 1 unspecified atom stereocenters. The topological polar surface area (TPSA) is 97.5 Å². The molecule has 0 saturated carbocycles. The van der Waals surface area contributed by atoms with Crippen LogP contribution in [0.15, 0.2) is 30.7 Å². The molecule has 13 heteroatoms. The van der Waals surface area contributed by atoms with Crippen molar-refractivity contribution in [3.63, 3.8) is 0 Å². The molecule has 4 heterocycles. The first kappa shape index (κ1) is 21.8. The number of fused-ring (bicyclic) bond motifs is 1. The summed E-state index contributed by atoms with van der Waals surface area (Å²) in [5, 5.41) is 6.75.